The molecule has 0 fully saturated rings. The number of sulfonamides is 1. The Morgan fingerprint density at radius 3 is 2.53 bits per heavy atom. The lowest BCUT2D eigenvalue weighted by molar-refractivity contribution is 0.0988. The van der Waals surface area contributed by atoms with E-state index in [1.54, 1.807) is 23.1 Å². The van der Waals surface area contributed by atoms with Gasteiger partial charge in [-0.05, 0) is 67.9 Å². The van der Waals surface area contributed by atoms with E-state index in [9.17, 15) is 17.6 Å². The van der Waals surface area contributed by atoms with Crippen LogP contribution in [0.2, 0.25) is 0 Å². The molecule has 30 heavy (non-hydrogen) atoms. The highest BCUT2D eigenvalue weighted by atomic mass is 32.2. The molecule has 3 aromatic rings. The fourth-order valence-electron chi connectivity index (χ4n) is 3.30. The summed E-state index contributed by atoms with van der Waals surface area (Å²) < 4.78 is 47.3. The van der Waals surface area contributed by atoms with E-state index in [-0.39, 0.29) is 27.6 Å². The van der Waals surface area contributed by atoms with Gasteiger partial charge in [-0.1, -0.05) is 12.1 Å². The molecule has 154 valence electrons. The van der Waals surface area contributed by atoms with Crippen molar-refractivity contribution >= 4 is 27.3 Å². The normalized spacial score (nSPS) is 13.2. The number of para-hydroxylation sites is 2. The predicted octanol–water partition coefficient (Wildman–Crippen LogP) is 4.71. The minimum Gasteiger partial charge on any atom is -0.454 e. The molecule has 0 saturated heterocycles. The van der Waals surface area contributed by atoms with Crippen LogP contribution >= 0.6 is 0 Å². The minimum atomic E-state index is -3.96. The summed E-state index contributed by atoms with van der Waals surface area (Å²) in [7, 11) is -3.96. The summed E-state index contributed by atoms with van der Waals surface area (Å²) in [6, 6.07) is 15.3. The van der Waals surface area contributed by atoms with Crippen molar-refractivity contribution in [2.75, 3.05) is 16.2 Å². The standard InChI is InChI=1S/C22H19FN2O4S/c1-3-25-19-6-4-5-7-21(19)29-20-11-8-15(13-17(20)22(25)26)24-30(27,28)16-9-10-18(23)14(2)12-16/h4-13,24H,3H2,1-2H3. The van der Waals surface area contributed by atoms with Gasteiger partial charge in [-0.25, -0.2) is 12.8 Å². The Morgan fingerprint density at radius 2 is 1.80 bits per heavy atom. The second-order valence-electron chi connectivity index (χ2n) is 6.85. The quantitative estimate of drug-likeness (QED) is 0.656. The Kier molecular flexibility index (Phi) is 4.95. The highest BCUT2D eigenvalue weighted by molar-refractivity contribution is 7.92. The summed E-state index contributed by atoms with van der Waals surface area (Å²) in [5.74, 6) is 0.0996. The van der Waals surface area contributed by atoms with Gasteiger partial charge in [-0.15, -0.1) is 0 Å². The maximum absolute atomic E-state index is 13.5. The van der Waals surface area contributed by atoms with Crippen molar-refractivity contribution in [2.45, 2.75) is 18.7 Å². The number of rotatable bonds is 4. The summed E-state index contributed by atoms with van der Waals surface area (Å²) in [6.07, 6.45) is 0. The number of nitrogens with zero attached hydrogens (tertiary/aromatic N) is 1. The molecule has 6 nitrogen and oxygen atoms in total. The van der Waals surface area contributed by atoms with Crippen LogP contribution in [0.3, 0.4) is 0 Å². The number of anilines is 2. The smallest absolute Gasteiger partial charge is 0.262 e. The van der Waals surface area contributed by atoms with E-state index < -0.39 is 15.8 Å². The number of amides is 1. The molecule has 0 atom stereocenters. The number of nitrogens with one attached hydrogen (secondary N) is 1. The average Bonchev–Trinajstić information content (AvgIpc) is 2.83. The first-order valence-electron chi connectivity index (χ1n) is 9.32. The number of fused-ring (bicyclic) bond motifs is 2. The van der Waals surface area contributed by atoms with Crippen LogP contribution in [0.4, 0.5) is 15.8 Å². The van der Waals surface area contributed by atoms with E-state index >= 15 is 0 Å². The number of ether oxygens (including phenoxy) is 1. The van der Waals surface area contributed by atoms with Gasteiger partial charge in [-0.2, -0.15) is 0 Å². The molecule has 1 N–H and O–H groups in total. The fraction of sp³-hybridized carbons (Fsp3) is 0.136. The molecule has 1 heterocycles. The number of carbonyl (C=O) groups excluding carboxylic acids is 1. The van der Waals surface area contributed by atoms with E-state index in [0.29, 0.717) is 23.7 Å². The van der Waals surface area contributed by atoms with E-state index in [0.717, 1.165) is 6.07 Å². The van der Waals surface area contributed by atoms with Crippen LogP contribution in [-0.4, -0.2) is 20.9 Å². The predicted molar refractivity (Wildman–Crippen MR) is 112 cm³/mol. The van der Waals surface area contributed by atoms with Gasteiger partial charge >= 0.3 is 0 Å². The van der Waals surface area contributed by atoms with Gasteiger partial charge in [0, 0.05) is 12.2 Å². The zero-order valence-electron chi connectivity index (χ0n) is 16.3. The third-order valence-electron chi connectivity index (χ3n) is 4.84. The van der Waals surface area contributed by atoms with Crippen LogP contribution in [0.25, 0.3) is 0 Å². The summed E-state index contributed by atoms with van der Waals surface area (Å²) in [5, 5.41) is 0. The number of benzene rings is 3. The lowest BCUT2D eigenvalue weighted by Gasteiger charge is -2.20. The van der Waals surface area contributed by atoms with Crippen molar-refractivity contribution in [1.82, 2.24) is 0 Å². The zero-order valence-corrected chi connectivity index (χ0v) is 17.2. The summed E-state index contributed by atoms with van der Waals surface area (Å²) >= 11 is 0. The van der Waals surface area contributed by atoms with Crippen LogP contribution in [-0.2, 0) is 10.0 Å². The molecule has 1 amide bonds. The number of halogens is 1. The van der Waals surface area contributed by atoms with Crippen LogP contribution in [0.5, 0.6) is 11.5 Å². The van der Waals surface area contributed by atoms with Crippen molar-refractivity contribution in [3.8, 4) is 11.5 Å². The molecule has 1 aliphatic rings. The van der Waals surface area contributed by atoms with Gasteiger partial charge in [0.1, 0.15) is 11.6 Å². The van der Waals surface area contributed by atoms with Crippen LogP contribution < -0.4 is 14.4 Å². The van der Waals surface area contributed by atoms with Gasteiger partial charge < -0.3 is 9.64 Å². The summed E-state index contributed by atoms with van der Waals surface area (Å²) in [5.41, 5.74) is 1.31. The molecule has 0 spiro atoms. The third-order valence-corrected chi connectivity index (χ3v) is 6.22. The molecule has 0 aromatic heterocycles. The third kappa shape index (κ3) is 3.50. The first kappa shape index (κ1) is 19.9. The van der Waals surface area contributed by atoms with E-state index in [2.05, 4.69) is 4.72 Å². The molecular weight excluding hydrogens is 407 g/mol. The molecule has 0 unspecified atom stereocenters. The summed E-state index contributed by atoms with van der Waals surface area (Å²) in [4.78, 5) is 14.6. The number of aryl methyl sites for hydroxylation is 1. The molecular formula is C22H19FN2O4S. The lowest BCUT2D eigenvalue weighted by atomic mass is 10.1. The molecule has 1 aliphatic heterocycles. The van der Waals surface area contributed by atoms with Crippen LogP contribution in [0.15, 0.2) is 65.6 Å². The van der Waals surface area contributed by atoms with Gasteiger partial charge in [0.05, 0.1) is 16.1 Å². The molecule has 0 saturated carbocycles. The molecule has 3 aromatic carbocycles. The monoisotopic (exact) mass is 426 g/mol. The zero-order chi connectivity index (χ0) is 21.5. The van der Waals surface area contributed by atoms with E-state index in [4.69, 9.17) is 4.74 Å². The Bertz CT molecular complexity index is 1260. The lowest BCUT2D eigenvalue weighted by Crippen LogP contribution is -2.29. The van der Waals surface area contributed by atoms with Gasteiger partial charge in [-0.3, -0.25) is 9.52 Å². The Hall–Kier alpha value is -3.39. The number of hydrogen-bond donors (Lipinski definition) is 1. The fourth-order valence-corrected chi connectivity index (χ4v) is 4.44. The number of hydrogen-bond acceptors (Lipinski definition) is 4. The molecule has 0 bridgehead atoms. The Morgan fingerprint density at radius 1 is 1.03 bits per heavy atom. The Labute approximate surface area is 174 Å². The van der Waals surface area contributed by atoms with Gasteiger partial charge in [0.2, 0.25) is 0 Å². The SMILES string of the molecule is CCN1C(=O)c2cc(NS(=O)(=O)c3ccc(F)c(C)c3)ccc2Oc2ccccc21. The summed E-state index contributed by atoms with van der Waals surface area (Å²) in [6.45, 7) is 3.76. The van der Waals surface area contributed by atoms with Crippen molar-refractivity contribution < 1.29 is 22.3 Å². The average molecular weight is 426 g/mol. The maximum Gasteiger partial charge on any atom is 0.262 e. The van der Waals surface area contributed by atoms with Crippen molar-refractivity contribution in [3.05, 3.63) is 77.6 Å². The van der Waals surface area contributed by atoms with E-state index in [1.165, 1.54) is 31.2 Å². The van der Waals surface area contributed by atoms with Crippen LogP contribution in [0, 0.1) is 12.7 Å². The topological polar surface area (TPSA) is 75.7 Å². The highest BCUT2D eigenvalue weighted by Crippen LogP contribution is 2.39. The highest BCUT2D eigenvalue weighted by Gasteiger charge is 2.28. The Balaban J connectivity index is 1.72. The van der Waals surface area contributed by atoms with Gasteiger partial charge in [0.15, 0.2) is 5.75 Å². The first-order chi connectivity index (χ1) is 14.3. The molecule has 4 rings (SSSR count). The van der Waals surface area contributed by atoms with Crippen molar-refractivity contribution in [2.24, 2.45) is 0 Å². The minimum absolute atomic E-state index is 0.0680. The molecule has 0 radical (unpaired) electrons. The van der Waals surface area contributed by atoms with Crippen molar-refractivity contribution in [1.29, 1.82) is 0 Å². The van der Waals surface area contributed by atoms with Gasteiger partial charge in [0.25, 0.3) is 15.9 Å². The van der Waals surface area contributed by atoms with E-state index in [1.807, 2.05) is 19.1 Å². The van der Waals surface area contributed by atoms with Crippen LogP contribution in [0.1, 0.15) is 22.8 Å². The number of carbonyl (C=O) groups is 1. The molecule has 8 heteroatoms. The maximum atomic E-state index is 13.5. The second kappa shape index (κ2) is 7.46. The van der Waals surface area contributed by atoms with Crippen molar-refractivity contribution in [3.63, 3.8) is 0 Å². The second-order valence-corrected chi connectivity index (χ2v) is 8.53. The first-order valence-corrected chi connectivity index (χ1v) is 10.8. The molecule has 0 aliphatic carbocycles. The largest absolute Gasteiger partial charge is 0.454 e.